The van der Waals surface area contributed by atoms with E-state index in [1.807, 2.05) is 49.4 Å². The van der Waals surface area contributed by atoms with Gasteiger partial charge in [0, 0.05) is 25.9 Å². The fourth-order valence-electron chi connectivity index (χ4n) is 3.61. The number of aliphatic hydroxyl groups excluding tert-OH is 1. The summed E-state index contributed by atoms with van der Waals surface area (Å²) in [6.45, 7) is 2.61. The van der Waals surface area contributed by atoms with Crippen LogP contribution >= 0.6 is 0 Å². The van der Waals surface area contributed by atoms with Gasteiger partial charge >= 0.3 is 0 Å². The van der Waals surface area contributed by atoms with Crippen molar-refractivity contribution in [2.45, 2.75) is 44.4 Å². The number of para-hydroxylation sites is 1. The summed E-state index contributed by atoms with van der Waals surface area (Å²) in [5, 5.41) is 12.0. The third kappa shape index (κ3) is 6.00. The zero-order valence-corrected chi connectivity index (χ0v) is 17.1. The highest BCUT2D eigenvalue weighted by Gasteiger charge is 2.43. The van der Waals surface area contributed by atoms with E-state index in [-0.39, 0.29) is 25.6 Å². The second kappa shape index (κ2) is 10.00. The number of ether oxygens (including phenoxy) is 1. The molecule has 1 amide bonds. The molecule has 1 aliphatic heterocycles. The lowest BCUT2D eigenvalue weighted by Crippen LogP contribution is -2.55. The van der Waals surface area contributed by atoms with Gasteiger partial charge in [-0.1, -0.05) is 42.5 Å². The van der Waals surface area contributed by atoms with Crippen LogP contribution in [0.3, 0.4) is 0 Å². The number of likely N-dealkylation sites (tertiary alicyclic amines) is 1. The molecular weight excluding hydrogens is 390 g/mol. The summed E-state index contributed by atoms with van der Waals surface area (Å²) >= 11 is 0. The quantitative estimate of drug-likeness (QED) is 0.689. The van der Waals surface area contributed by atoms with Gasteiger partial charge in [-0.2, -0.15) is 0 Å². The summed E-state index contributed by atoms with van der Waals surface area (Å²) in [5.74, 6) is -2.56. The Kier molecular flexibility index (Phi) is 7.39. The zero-order chi connectivity index (χ0) is 21.6. The molecule has 162 valence electrons. The van der Waals surface area contributed by atoms with Gasteiger partial charge in [0.25, 0.3) is 5.92 Å². The van der Waals surface area contributed by atoms with E-state index in [1.165, 1.54) is 0 Å². The van der Waals surface area contributed by atoms with Crippen molar-refractivity contribution in [1.82, 2.24) is 10.2 Å². The van der Waals surface area contributed by atoms with Crippen molar-refractivity contribution in [3.8, 4) is 5.75 Å². The standard InChI is InChI=1S/C23H28F2N2O3/c1-17(19-9-7-18(16-28)8-10-19)26-22(29)21-15-23(24,25)11-12-27(21)13-14-30-20-5-3-2-4-6-20/h2-10,17,21,28H,11-16H2,1H3,(H,26,29)/t17-,21-/m0/s1. The molecule has 2 aromatic carbocycles. The molecule has 2 atom stereocenters. The Bertz CT molecular complexity index is 815. The van der Waals surface area contributed by atoms with Crippen molar-refractivity contribution < 1.29 is 23.4 Å². The van der Waals surface area contributed by atoms with Gasteiger partial charge in [0.2, 0.25) is 5.91 Å². The van der Waals surface area contributed by atoms with Gasteiger partial charge < -0.3 is 15.2 Å². The fourth-order valence-corrected chi connectivity index (χ4v) is 3.61. The predicted molar refractivity (Wildman–Crippen MR) is 110 cm³/mol. The van der Waals surface area contributed by atoms with Crippen LogP contribution in [0.4, 0.5) is 8.78 Å². The highest BCUT2D eigenvalue weighted by atomic mass is 19.3. The number of piperidine rings is 1. The molecule has 2 N–H and O–H groups in total. The van der Waals surface area contributed by atoms with E-state index in [0.717, 1.165) is 11.1 Å². The fraction of sp³-hybridized carbons (Fsp3) is 0.435. The number of nitrogens with zero attached hydrogens (tertiary/aromatic N) is 1. The largest absolute Gasteiger partial charge is 0.492 e. The van der Waals surface area contributed by atoms with Crippen molar-refractivity contribution >= 4 is 5.91 Å². The summed E-state index contributed by atoms with van der Waals surface area (Å²) in [6, 6.07) is 15.2. The molecule has 7 heteroatoms. The smallest absolute Gasteiger partial charge is 0.251 e. The number of hydrogen-bond acceptors (Lipinski definition) is 4. The molecule has 1 aliphatic rings. The van der Waals surface area contributed by atoms with E-state index in [4.69, 9.17) is 9.84 Å². The molecule has 1 fully saturated rings. The summed E-state index contributed by atoms with van der Waals surface area (Å²) in [7, 11) is 0. The average Bonchev–Trinajstić information content (AvgIpc) is 2.75. The Balaban J connectivity index is 1.61. The van der Waals surface area contributed by atoms with Crippen LogP contribution in [-0.2, 0) is 11.4 Å². The Morgan fingerprint density at radius 3 is 2.60 bits per heavy atom. The summed E-state index contributed by atoms with van der Waals surface area (Å²) in [6.07, 6.45) is -0.763. The van der Waals surface area contributed by atoms with Gasteiger partial charge in [0.15, 0.2) is 0 Å². The van der Waals surface area contributed by atoms with Gasteiger partial charge in [-0.15, -0.1) is 0 Å². The minimum Gasteiger partial charge on any atom is -0.492 e. The van der Waals surface area contributed by atoms with Crippen LogP contribution < -0.4 is 10.1 Å². The maximum atomic E-state index is 14.1. The van der Waals surface area contributed by atoms with Gasteiger partial charge in [0.1, 0.15) is 12.4 Å². The number of hydrogen-bond donors (Lipinski definition) is 2. The Morgan fingerprint density at radius 2 is 1.93 bits per heavy atom. The van der Waals surface area contributed by atoms with E-state index in [9.17, 15) is 13.6 Å². The Labute approximate surface area is 175 Å². The van der Waals surface area contributed by atoms with Gasteiger partial charge in [0.05, 0.1) is 18.7 Å². The highest BCUT2D eigenvalue weighted by molar-refractivity contribution is 5.82. The van der Waals surface area contributed by atoms with Crippen LogP contribution in [-0.4, -0.2) is 47.6 Å². The number of alkyl halides is 2. The van der Waals surface area contributed by atoms with Gasteiger partial charge in [-0.3, -0.25) is 9.69 Å². The van der Waals surface area contributed by atoms with E-state index in [2.05, 4.69) is 5.32 Å². The number of aliphatic hydroxyl groups is 1. The number of rotatable bonds is 8. The predicted octanol–water partition coefficient (Wildman–Crippen LogP) is 3.53. The summed E-state index contributed by atoms with van der Waals surface area (Å²) in [4.78, 5) is 14.6. The lowest BCUT2D eigenvalue weighted by Gasteiger charge is -2.38. The summed E-state index contributed by atoms with van der Waals surface area (Å²) < 4.78 is 33.8. The van der Waals surface area contributed by atoms with Crippen molar-refractivity contribution in [2.24, 2.45) is 0 Å². The van der Waals surface area contributed by atoms with Crippen molar-refractivity contribution in [2.75, 3.05) is 19.7 Å². The molecule has 3 rings (SSSR count). The van der Waals surface area contributed by atoms with Crippen LogP contribution in [0.2, 0.25) is 0 Å². The molecule has 1 saturated heterocycles. The number of carbonyl (C=O) groups excluding carboxylic acids is 1. The first kappa shape index (κ1) is 22.2. The number of carbonyl (C=O) groups is 1. The minimum atomic E-state index is -2.86. The van der Waals surface area contributed by atoms with Crippen LogP contribution in [0.1, 0.15) is 36.9 Å². The second-order valence-corrected chi connectivity index (χ2v) is 7.65. The first-order valence-electron chi connectivity index (χ1n) is 10.2. The van der Waals surface area contributed by atoms with Crippen LogP contribution in [0.5, 0.6) is 5.75 Å². The topological polar surface area (TPSA) is 61.8 Å². The second-order valence-electron chi connectivity index (χ2n) is 7.65. The molecule has 30 heavy (non-hydrogen) atoms. The van der Waals surface area contributed by atoms with E-state index < -0.39 is 24.3 Å². The first-order valence-corrected chi connectivity index (χ1v) is 10.2. The maximum absolute atomic E-state index is 14.1. The average molecular weight is 418 g/mol. The van der Waals surface area contributed by atoms with Crippen molar-refractivity contribution in [3.63, 3.8) is 0 Å². The number of amides is 1. The minimum absolute atomic E-state index is 0.0574. The van der Waals surface area contributed by atoms with Crippen LogP contribution in [0.25, 0.3) is 0 Å². The lowest BCUT2D eigenvalue weighted by molar-refractivity contribution is -0.138. The highest BCUT2D eigenvalue weighted by Crippen LogP contribution is 2.32. The van der Waals surface area contributed by atoms with Crippen molar-refractivity contribution in [1.29, 1.82) is 0 Å². The maximum Gasteiger partial charge on any atom is 0.251 e. The molecule has 5 nitrogen and oxygen atoms in total. The third-order valence-corrected chi connectivity index (χ3v) is 5.41. The van der Waals surface area contributed by atoms with E-state index in [0.29, 0.717) is 18.9 Å². The number of nitrogens with one attached hydrogen (secondary N) is 1. The molecule has 1 heterocycles. The molecule has 0 unspecified atom stereocenters. The third-order valence-electron chi connectivity index (χ3n) is 5.41. The first-order chi connectivity index (χ1) is 14.4. The Morgan fingerprint density at radius 1 is 1.23 bits per heavy atom. The Hall–Kier alpha value is -2.51. The number of halogens is 2. The zero-order valence-electron chi connectivity index (χ0n) is 17.1. The van der Waals surface area contributed by atoms with Crippen molar-refractivity contribution in [3.05, 3.63) is 65.7 Å². The molecule has 0 radical (unpaired) electrons. The molecular formula is C23H28F2N2O3. The van der Waals surface area contributed by atoms with Gasteiger partial charge in [-0.05, 0) is 30.2 Å². The van der Waals surface area contributed by atoms with Gasteiger partial charge in [-0.25, -0.2) is 8.78 Å². The molecule has 0 spiro atoms. The number of benzene rings is 2. The lowest BCUT2D eigenvalue weighted by atomic mass is 9.97. The molecule has 0 aliphatic carbocycles. The van der Waals surface area contributed by atoms with E-state index >= 15 is 0 Å². The monoisotopic (exact) mass is 418 g/mol. The normalized spacial score (nSPS) is 19.8. The van der Waals surface area contributed by atoms with Crippen LogP contribution in [0.15, 0.2) is 54.6 Å². The molecule has 0 aromatic heterocycles. The SMILES string of the molecule is C[C@H](NC(=O)[C@@H]1CC(F)(F)CCN1CCOc1ccccc1)c1ccc(CO)cc1. The van der Waals surface area contributed by atoms with E-state index in [1.54, 1.807) is 17.0 Å². The molecule has 0 saturated carbocycles. The van der Waals surface area contributed by atoms with Crippen LogP contribution in [0, 0.1) is 0 Å². The summed E-state index contributed by atoms with van der Waals surface area (Å²) in [5.41, 5.74) is 1.62. The molecule has 0 bridgehead atoms. The molecule has 2 aromatic rings.